The number of halogens is 3. The van der Waals surface area contributed by atoms with Crippen LogP contribution in [0.5, 0.6) is 0 Å². The summed E-state index contributed by atoms with van der Waals surface area (Å²) >= 11 is 0. The number of alkyl halides is 3. The van der Waals surface area contributed by atoms with E-state index in [0.29, 0.717) is 18.9 Å². The molecule has 1 rings (SSSR count). The van der Waals surface area contributed by atoms with E-state index >= 15 is 0 Å². The predicted molar refractivity (Wildman–Crippen MR) is 69.7 cm³/mol. The Morgan fingerprint density at radius 2 is 1.80 bits per heavy atom. The van der Waals surface area contributed by atoms with E-state index < -0.39 is 17.6 Å². The zero-order chi connectivity index (χ0) is 15.2. The Morgan fingerprint density at radius 3 is 2.25 bits per heavy atom. The first-order valence-corrected chi connectivity index (χ1v) is 6.30. The molecule has 0 atom stereocenters. The lowest BCUT2D eigenvalue weighted by atomic mass is 10.1. The molecular formula is C14H16F3NO2. The third-order valence-electron chi connectivity index (χ3n) is 2.46. The number of hydrogen-bond acceptors (Lipinski definition) is 2. The van der Waals surface area contributed by atoms with Gasteiger partial charge in [0, 0.05) is 12.0 Å². The Labute approximate surface area is 115 Å². The van der Waals surface area contributed by atoms with Crippen molar-refractivity contribution in [2.75, 3.05) is 6.61 Å². The van der Waals surface area contributed by atoms with Gasteiger partial charge in [0.2, 0.25) is 0 Å². The molecule has 0 aliphatic carbocycles. The van der Waals surface area contributed by atoms with Crippen LogP contribution in [0.4, 0.5) is 13.2 Å². The van der Waals surface area contributed by atoms with Crippen LogP contribution >= 0.6 is 0 Å². The maximum absolute atomic E-state index is 12.4. The lowest BCUT2D eigenvalue weighted by Gasteiger charge is -2.07. The number of aliphatic imine (C=N–C) groups is 1. The van der Waals surface area contributed by atoms with Gasteiger partial charge in [-0.25, -0.2) is 0 Å². The van der Waals surface area contributed by atoms with E-state index in [-0.39, 0.29) is 5.56 Å². The standard InChI is InChI=1S/C14H16F3NO2/c1-3-5-12(20-4-2)18-13(19)10-6-8-11(9-7-10)14(15,16)17/h6-9H,3-5H2,1-2H3/b18-12-. The molecule has 0 aliphatic heterocycles. The van der Waals surface area contributed by atoms with Gasteiger partial charge in [0.25, 0.3) is 5.91 Å². The molecule has 0 aromatic heterocycles. The average Bonchev–Trinajstić information content (AvgIpc) is 2.38. The molecule has 1 amide bonds. The van der Waals surface area contributed by atoms with Gasteiger partial charge in [-0.15, -0.1) is 0 Å². The predicted octanol–water partition coefficient (Wildman–Crippen LogP) is 4.08. The van der Waals surface area contributed by atoms with Gasteiger partial charge in [0.05, 0.1) is 12.2 Å². The van der Waals surface area contributed by atoms with Crippen LogP contribution in [0, 0.1) is 0 Å². The number of nitrogens with zero attached hydrogens (tertiary/aromatic N) is 1. The number of ether oxygens (including phenoxy) is 1. The fourth-order valence-electron chi connectivity index (χ4n) is 1.52. The first-order valence-electron chi connectivity index (χ1n) is 6.30. The number of carbonyl (C=O) groups excluding carboxylic acids is 1. The summed E-state index contributed by atoms with van der Waals surface area (Å²) in [4.78, 5) is 15.6. The molecular weight excluding hydrogens is 271 g/mol. The van der Waals surface area contributed by atoms with Gasteiger partial charge in [-0.3, -0.25) is 4.79 Å². The molecule has 0 saturated carbocycles. The summed E-state index contributed by atoms with van der Waals surface area (Å²) in [6.45, 7) is 4.07. The molecule has 0 unspecified atom stereocenters. The fraction of sp³-hybridized carbons (Fsp3) is 0.429. The molecule has 0 N–H and O–H groups in total. The molecule has 0 fully saturated rings. The number of hydrogen-bond donors (Lipinski definition) is 0. The van der Waals surface area contributed by atoms with E-state index in [9.17, 15) is 18.0 Å². The molecule has 20 heavy (non-hydrogen) atoms. The molecule has 0 spiro atoms. The number of rotatable bonds is 4. The second-order valence-electron chi connectivity index (χ2n) is 4.07. The average molecular weight is 287 g/mol. The Morgan fingerprint density at radius 1 is 1.20 bits per heavy atom. The molecule has 110 valence electrons. The molecule has 0 radical (unpaired) electrons. The van der Waals surface area contributed by atoms with Crippen molar-refractivity contribution in [3.05, 3.63) is 35.4 Å². The van der Waals surface area contributed by atoms with Gasteiger partial charge < -0.3 is 4.74 Å². The van der Waals surface area contributed by atoms with E-state index in [1.54, 1.807) is 6.92 Å². The van der Waals surface area contributed by atoms with Gasteiger partial charge in [0.1, 0.15) is 0 Å². The van der Waals surface area contributed by atoms with Crippen LogP contribution in [0.15, 0.2) is 29.3 Å². The fourth-order valence-corrected chi connectivity index (χ4v) is 1.52. The zero-order valence-corrected chi connectivity index (χ0v) is 11.3. The zero-order valence-electron chi connectivity index (χ0n) is 11.3. The monoisotopic (exact) mass is 287 g/mol. The molecule has 0 aliphatic rings. The Balaban J connectivity index is 2.89. The van der Waals surface area contributed by atoms with E-state index in [2.05, 4.69) is 4.99 Å². The van der Waals surface area contributed by atoms with Crippen LogP contribution in [-0.2, 0) is 10.9 Å². The van der Waals surface area contributed by atoms with Crippen molar-refractivity contribution in [1.29, 1.82) is 0 Å². The highest BCUT2D eigenvalue weighted by atomic mass is 19.4. The second kappa shape index (κ2) is 7.07. The molecule has 1 aromatic carbocycles. The highest BCUT2D eigenvalue weighted by Crippen LogP contribution is 2.29. The number of amides is 1. The summed E-state index contributed by atoms with van der Waals surface area (Å²) in [7, 11) is 0. The molecule has 3 nitrogen and oxygen atoms in total. The van der Waals surface area contributed by atoms with Crippen molar-refractivity contribution in [1.82, 2.24) is 0 Å². The lowest BCUT2D eigenvalue weighted by Crippen LogP contribution is -2.09. The first-order chi connectivity index (χ1) is 9.38. The summed E-state index contributed by atoms with van der Waals surface area (Å²) in [6, 6.07) is 3.96. The van der Waals surface area contributed by atoms with Gasteiger partial charge >= 0.3 is 6.18 Å². The molecule has 6 heteroatoms. The van der Waals surface area contributed by atoms with Crippen LogP contribution in [0.25, 0.3) is 0 Å². The van der Waals surface area contributed by atoms with Gasteiger partial charge in [-0.1, -0.05) is 6.92 Å². The summed E-state index contributed by atoms with van der Waals surface area (Å²) in [5.74, 6) is -0.296. The smallest absolute Gasteiger partial charge is 0.416 e. The van der Waals surface area contributed by atoms with E-state index in [0.717, 1.165) is 30.7 Å². The lowest BCUT2D eigenvalue weighted by molar-refractivity contribution is -0.137. The first kappa shape index (κ1) is 16.2. The highest BCUT2D eigenvalue weighted by molar-refractivity contribution is 6.01. The summed E-state index contributed by atoms with van der Waals surface area (Å²) < 4.78 is 42.4. The minimum atomic E-state index is -4.41. The van der Waals surface area contributed by atoms with Crippen molar-refractivity contribution in [3.63, 3.8) is 0 Å². The van der Waals surface area contributed by atoms with Gasteiger partial charge in [-0.2, -0.15) is 18.2 Å². The Kier molecular flexibility index (Phi) is 5.73. The van der Waals surface area contributed by atoms with Crippen molar-refractivity contribution in [2.24, 2.45) is 4.99 Å². The van der Waals surface area contributed by atoms with E-state index in [4.69, 9.17) is 4.74 Å². The van der Waals surface area contributed by atoms with Crippen LogP contribution in [-0.4, -0.2) is 18.4 Å². The normalized spacial score (nSPS) is 12.3. The van der Waals surface area contributed by atoms with Gasteiger partial charge in [0.15, 0.2) is 5.90 Å². The molecule has 0 heterocycles. The van der Waals surface area contributed by atoms with Crippen LogP contribution in [0.1, 0.15) is 42.6 Å². The van der Waals surface area contributed by atoms with Crippen molar-refractivity contribution in [3.8, 4) is 0 Å². The maximum Gasteiger partial charge on any atom is 0.416 e. The van der Waals surface area contributed by atoms with Crippen LogP contribution in [0.2, 0.25) is 0 Å². The van der Waals surface area contributed by atoms with Gasteiger partial charge in [-0.05, 0) is 37.6 Å². The molecule has 1 aromatic rings. The third kappa shape index (κ3) is 4.68. The largest absolute Gasteiger partial charge is 0.481 e. The molecule has 0 bridgehead atoms. The molecule has 0 saturated heterocycles. The Bertz CT molecular complexity index is 470. The Hall–Kier alpha value is -1.85. The maximum atomic E-state index is 12.4. The minimum absolute atomic E-state index is 0.103. The topological polar surface area (TPSA) is 38.7 Å². The summed E-state index contributed by atoms with van der Waals surface area (Å²) in [6.07, 6.45) is -3.14. The summed E-state index contributed by atoms with van der Waals surface area (Å²) in [5.41, 5.74) is -0.692. The van der Waals surface area contributed by atoms with Crippen LogP contribution in [0.3, 0.4) is 0 Å². The second-order valence-corrected chi connectivity index (χ2v) is 4.07. The highest BCUT2D eigenvalue weighted by Gasteiger charge is 2.30. The van der Waals surface area contributed by atoms with E-state index in [1.165, 1.54) is 0 Å². The van der Waals surface area contributed by atoms with E-state index in [1.807, 2.05) is 6.92 Å². The van der Waals surface area contributed by atoms with Crippen molar-refractivity contribution in [2.45, 2.75) is 32.9 Å². The SMILES string of the molecule is CCC/C(=N/C(=O)c1ccc(C(F)(F)F)cc1)OCC. The summed E-state index contributed by atoms with van der Waals surface area (Å²) in [5, 5.41) is 0. The quantitative estimate of drug-likeness (QED) is 0.618. The number of carbonyl (C=O) groups is 1. The van der Waals surface area contributed by atoms with Crippen molar-refractivity contribution >= 4 is 11.8 Å². The van der Waals surface area contributed by atoms with Crippen molar-refractivity contribution < 1.29 is 22.7 Å². The minimum Gasteiger partial charge on any atom is -0.481 e. The number of benzene rings is 1. The third-order valence-corrected chi connectivity index (χ3v) is 2.46. The van der Waals surface area contributed by atoms with Crippen LogP contribution < -0.4 is 0 Å².